The van der Waals surface area contributed by atoms with Crippen molar-refractivity contribution in [1.29, 1.82) is 0 Å². The number of nitrogens with zero attached hydrogens (tertiary/aromatic N) is 1. The molecule has 1 aromatic heterocycles. The second kappa shape index (κ2) is 3.71. The minimum absolute atomic E-state index is 0.0607. The number of hydrogen-bond acceptors (Lipinski definition) is 0. The molecule has 0 N–H and O–H groups in total. The van der Waals surface area contributed by atoms with Crippen molar-refractivity contribution in [2.45, 2.75) is 38.2 Å². The Morgan fingerprint density at radius 3 is 2.64 bits per heavy atom. The van der Waals surface area contributed by atoms with Crippen LogP contribution < -0.4 is 0 Å². The van der Waals surface area contributed by atoms with Gasteiger partial charge in [-0.15, -0.1) is 0 Å². The molecule has 1 unspecified atom stereocenters. The summed E-state index contributed by atoms with van der Waals surface area (Å²) in [5.74, 6) is -2.28. The molecule has 0 spiro atoms. The fourth-order valence-corrected chi connectivity index (χ4v) is 2.22. The maximum Gasteiger partial charge on any atom is 0.248 e. The van der Waals surface area contributed by atoms with E-state index in [1.54, 1.807) is 0 Å². The number of alkyl halides is 2. The Morgan fingerprint density at radius 1 is 1.29 bits per heavy atom. The Morgan fingerprint density at radius 2 is 2.00 bits per heavy atom. The van der Waals surface area contributed by atoms with E-state index in [1.807, 2.05) is 29.1 Å². The van der Waals surface area contributed by atoms with Gasteiger partial charge in [0, 0.05) is 31.8 Å². The van der Waals surface area contributed by atoms with E-state index in [9.17, 15) is 8.78 Å². The molecule has 1 aliphatic rings. The van der Waals surface area contributed by atoms with Gasteiger partial charge in [0.1, 0.15) is 0 Å². The highest BCUT2D eigenvalue weighted by molar-refractivity contribution is 4.91. The first kappa shape index (κ1) is 9.69. The summed E-state index contributed by atoms with van der Waals surface area (Å²) in [5.41, 5.74) is 0. The summed E-state index contributed by atoms with van der Waals surface area (Å²) >= 11 is 0. The summed E-state index contributed by atoms with van der Waals surface area (Å²) in [4.78, 5) is 0. The second-order valence-corrected chi connectivity index (χ2v) is 4.20. The van der Waals surface area contributed by atoms with Crippen molar-refractivity contribution in [3.8, 4) is 0 Å². The third kappa shape index (κ3) is 2.34. The van der Waals surface area contributed by atoms with E-state index < -0.39 is 5.92 Å². The molecule has 0 bridgehead atoms. The smallest absolute Gasteiger partial charge is 0.248 e. The third-order valence-electron chi connectivity index (χ3n) is 2.88. The summed E-state index contributed by atoms with van der Waals surface area (Å²) < 4.78 is 28.1. The van der Waals surface area contributed by atoms with Crippen LogP contribution in [0.4, 0.5) is 8.78 Å². The molecule has 1 atom stereocenters. The van der Waals surface area contributed by atoms with Gasteiger partial charge in [-0.2, -0.15) is 0 Å². The topological polar surface area (TPSA) is 4.93 Å². The van der Waals surface area contributed by atoms with E-state index >= 15 is 0 Å². The standard InChI is InChI=1S/C11H15F2N/c12-11(13)5-3-4-10(8-11)9-14-6-1-2-7-14/h1-2,6-7,10H,3-5,8-9H2. The zero-order chi connectivity index (χ0) is 10.0. The zero-order valence-electron chi connectivity index (χ0n) is 8.13. The maximum atomic E-state index is 13.1. The van der Waals surface area contributed by atoms with Gasteiger partial charge in [-0.1, -0.05) is 0 Å². The first-order valence-corrected chi connectivity index (χ1v) is 5.14. The predicted molar refractivity (Wildman–Crippen MR) is 51.3 cm³/mol. The van der Waals surface area contributed by atoms with Crippen LogP contribution in [0.2, 0.25) is 0 Å². The molecule has 1 aromatic rings. The first-order valence-electron chi connectivity index (χ1n) is 5.14. The summed E-state index contributed by atoms with van der Waals surface area (Å²) in [6.45, 7) is 0.739. The predicted octanol–water partition coefficient (Wildman–Crippen LogP) is 3.31. The van der Waals surface area contributed by atoms with Crippen LogP contribution >= 0.6 is 0 Å². The summed E-state index contributed by atoms with van der Waals surface area (Å²) in [7, 11) is 0. The maximum absolute atomic E-state index is 13.1. The van der Waals surface area contributed by atoms with Crippen LogP contribution in [0.1, 0.15) is 25.7 Å². The molecular weight excluding hydrogens is 184 g/mol. The molecule has 0 amide bonds. The van der Waals surface area contributed by atoms with E-state index in [-0.39, 0.29) is 18.8 Å². The van der Waals surface area contributed by atoms with Gasteiger partial charge in [-0.05, 0) is 30.9 Å². The van der Waals surface area contributed by atoms with E-state index in [2.05, 4.69) is 0 Å². The lowest BCUT2D eigenvalue weighted by atomic mass is 9.86. The van der Waals surface area contributed by atoms with Crippen LogP contribution in [0, 0.1) is 5.92 Å². The highest BCUT2D eigenvalue weighted by Crippen LogP contribution is 2.37. The molecule has 0 saturated heterocycles. The molecule has 3 heteroatoms. The quantitative estimate of drug-likeness (QED) is 0.688. The Kier molecular flexibility index (Phi) is 2.57. The van der Waals surface area contributed by atoms with E-state index in [4.69, 9.17) is 0 Å². The van der Waals surface area contributed by atoms with Crippen molar-refractivity contribution in [2.24, 2.45) is 5.92 Å². The minimum atomic E-state index is -2.42. The SMILES string of the molecule is FC1(F)CCCC(Cn2cccc2)C1. The number of halogens is 2. The molecule has 0 aliphatic heterocycles. The lowest BCUT2D eigenvalue weighted by Gasteiger charge is -2.29. The van der Waals surface area contributed by atoms with E-state index in [1.165, 1.54) is 0 Å². The van der Waals surface area contributed by atoms with Gasteiger partial charge in [0.15, 0.2) is 0 Å². The molecule has 78 valence electrons. The zero-order valence-corrected chi connectivity index (χ0v) is 8.13. The molecule has 1 nitrogen and oxygen atoms in total. The highest BCUT2D eigenvalue weighted by atomic mass is 19.3. The van der Waals surface area contributed by atoms with Gasteiger partial charge in [-0.25, -0.2) is 8.78 Å². The van der Waals surface area contributed by atoms with Crippen molar-refractivity contribution < 1.29 is 8.78 Å². The Hall–Kier alpha value is -0.860. The van der Waals surface area contributed by atoms with Gasteiger partial charge < -0.3 is 4.57 Å². The molecule has 1 heterocycles. The molecule has 1 fully saturated rings. The fraction of sp³-hybridized carbons (Fsp3) is 0.636. The van der Waals surface area contributed by atoms with Crippen LogP contribution in [0.25, 0.3) is 0 Å². The number of aromatic nitrogens is 1. The van der Waals surface area contributed by atoms with Gasteiger partial charge in [0.2, 0.25) is 5.92 Å². The van der Waals surface area contributed by atoms with Gasteiger partial charge >= 0.3 is 0 Å². The summed E-state index contributed by atoms with van der Waals surface area (Å²) in [5, 5.41) is 0. The largest absolute Gasteiger partial charge is 0.354 e. The molecule has 2 rings (SSSR count). The average Bonchev–Trinajstić information content (AvgIpc) is 2.54. The molecular formula is C11H15F2N. The lowest BCUT2D eigenvalue weighted by molar-refractivity contribution is -0.0547. The Bertz CT molecular complexity index is 279. The van der Waals surface area contributed by atoms with Crippen LogP contribution in [-0.2, 0) is 6.54 Å². The van der Waals surface area contributed by atoms with Crippen LogP contribution in [-0.4, -0.2) is 10.5 Å². The number of hydrogen-bond donors (Lipinski definition) is 0. The molecule has 1 saturated carbocycles. The van der Waals surface area contributed by atoms with Crippen molar-refractivity contribution in [2.75, 3.05) is 0 Å². The van der Waals surface area contributed by atoms with Crippen LogP contribution in [0.15, 0.2) is 24.5 Å². The molecule has 0 aromatic carbocycles. The molecule has 0 radical (unpaired) electrons. The monoisotopic (exact) mass is 199 g/mol. The minimum Gasteiger partial charge on any atom is -0.354 e. The van der Waals surface area contributed by atoms with Gasteiger partial charge in [-0.3, -0.25) is 0 Å². The number of rotatable bonds is 2. The Labute approximate surface area is 82.7 Å². The van der Waals surface area contributed by atoms with E-state index in [0.29, 0.717) is 6.42 Å². The Balaban J connectivity index is 1.92. The third-order valence-corrected chi connectivity index (χ3v) is 2.88. The fourth-order valence-electron chi connectivity index (χ4n) is 2.22. The second-order valence-electron chi connectivity index (χ2n) is 4.20. The van der Waals surface area contributed by atoms with Crippen LogP contribution in [0.3, 0.4) is 0 Å². The average molecular weight is 199 g/mol. The van der Waals surface area contributed by atoms with Crippen molar-refractivity contribution in [1.82, 2.24) is 4.57 Å². The van der Waals surface area contributed by atoms with Gasteiger partial charge in [0.25, 0.3) is 0 Å². The lowest BCUT2D eigenvalue weighted by Crippen LogP contribution is -2.28. The van der Waals surface area contributed by atoms with Crippen molar-refractivity contribution >= 4 is 0 Å². The summed E-state index contributed by atoms with van der Waals surface area (Å²) in [6.07, 6.45) is 5.62. The molecule has 14 heavy (non-hydrogen) atoms. The van der Waals surface area contributed by atoms with E-state index in [0.717, 1.165) is 13.0 Å². The highest BCUT2D eigenvalue weighted by Gasteiger charge is 2.35. The van der Waals surface area contributed by atoms with Crippen molar-refractivity contribution in [3.05, 3.63) is 24.5 Å². The van der Waals surface area contributed by atoms with Crippen molar-refractivity contribution in [3.63, 3.8) is 0 Å². The first-order chi connectivity index (χ1) is 6.66. The van der Waals surface area contributed by atoms with Gasteiger partial charge in [0.05, 0.1) is 0 Å². The summed E-state index contributed by atoms with van der Waals surface area (Å²) in [6, 6.07) is 3.86. The molecule has 1 aliphatic carbocycles. The van der Waals surface area contributed by atoms with Crippen LogP contribution in [0.5, 0.6) is 0 Å². The normalized spacial score (nSPS) is 26.3.